The summed E-state index contributed by atoms with van der Waals surface area (Å²) >= 11 is 0. The van der Waals surface area contributed by atoms with E-state index in [0.29, 0.717) is 12.8 Å². The van der Waals surface area contributed by atoms with Crippen molar-refractivity contribution in [3.63, 3.8) is 0 Å². The number of benzene rings is 2. The van der Waals surface area contributed by atoms with E-state index in [4.69, 9.17) is 0 Å². The number of carbonyl (C=O) groups is 2. The van der Waals surface area contributed by atoms with E-state index in [2.05, 4.69) is 48.6 Å². The number of nitrogens with zero attached hydrogens (tertiary/aromatic N) is 2. The molecule has 2 aliphatic rings. The van der Waals surface area contributed by atoms with Crippen LogP contribution in [0, 0.1) is 0 Å². The highest BCUT2D eigenvalue weighted by Crippen LogP contribution is 2.50. The lowest BCUT2D eigenvalue weighted by Crippen LogP contribution is -2.30. The van der Waals surface area contributed by atoms with Crippen molar-refractivity contribution in [1.82, 2.24) is 0 Å². The molecule has 0 radical (unpaired) electrons. The summed E-state index contributed by atoms with van der Waals surface area (Å²) in [6, 6.07) is 10.5. The predicted octanol–water partition coefficient (Wildman–Crippen LogP) is 6.07. The number of anilines is 1. The number of carboxylic acids is 2. The standard InChI is InChI=1S/C31H32N2O4/c1-7-16-30(3)22-18-20(28(34)35)12-14-24(22)32(5)26(30)10-9-11-27-31(4,17-8-2)23-19-21(29(36)37)13-15-25(23)33(27)6/h7-15,18-19H,1-2,16-17H2,3-6H3,(H-,34,35,36,37)/p+1. The highest BCUT2D eigenvalue weighted by atomic mass is 16.4. The van der Waals surface area contributed by atoms with Crippen LogP contribution in [-0.2, 0) is 10.8 Å². The molecule has 2 atom stereocenters. The summed E-state index contributed by atoms with van der Waals surface area (Å²) in [5.74, 6) is -1.90. The first kappa shape index (κ1) is 25.9. The van der Waals surface area contributed by atoms with E-state index < -0.39 is 22.8 Å². The van der Waals surface area contributed by atoms with Gasteiger partial charge in [0.1, 0.15) is 7.05 Å². The molecule has 2 aliphatic heterocycles. The molecule has 2 aromatic rings. The maximum absolute atomic E-state index is 11.6. The van der Waals surface area contributed by atoms with Crippen molar-refractivity contribution in [2.75, 3.05) is 19.0 Å². The maximum Gasteiger partial charge on any atom is 0.335 e. The Hall–Kier alpha value is -4.19. The number of fused-ring (bicyclic) bond motifs is 2. The fourth-order valence-electron chi connectivity index (χ4n) is 5.91. The average molecular weight is 498 g/mol. The van der Waals surface area contributed by atoms with E-state index in [0.717, 1.165) is 33.9 Å². The van der Waals surface area contributed by atoms with Gasteiger partial charge >= 0.3 is 11.9 Å². The largest absolute Gasteiger partial charge is 0.478 e. The maximum atomic E-state index is 11.6. The van der Waals surface area contributed by atoms with E-state index in [1.165, 1.54) is 0 Å². The molecule has 6 nitrogen and oxygen atoms in total. The number of likely N-dealkylation sites (N-methyl/N-ethyl adjacent to an activating group) is 1. The van der Waals surface area contributed by atoms with Gasteiger partial charge < -0.3 is 15.1 Å². The lowest BCUT2D eigenvalue weighted by Gasteiger charge is -2.27. The third kappa shape index (κ3) is 4.02. The van der Waals surface area contributed by atoms with Crippen LogP contribution in [0.1, 0.15) is 58.5 Å². The first-order chi connectivity index (χ1) is 17.5. The summed E-state index contributed by atoms with van der Waals surface area (Å²) in [6.07, 6.45) is 11.2. The molecule has 0 fully saturated rings. The van der Waals surface area contributed by atoms with Gasteiger partial charge in [-0.15, -0.1) is 13.2 Å². The van der Waals surface area contributed by atoms with E-state index in [-0.39, 0.29) is 11.1 Å². The summed E-state index contributed by atoms with van der Waals surface area (Å²) in [5, 5.41) is 19.1. The average Bonchev–Trinajstić information content (AvgIpc) is 3.19. The Morgan fingerprint density at radius 3 is 2.11 bits per heavy atom. The summed E-state index contributed by atoms with van der Waals surface area (Å²) in [5.41, 5.74) is 5.62. The molecule has 0 bridgehead atoms. The summed E-state index contributed by atoms with van der Waals surface area (Å²) in [4.78, 5) is 25.4. The van der Waals surface area contributed by atoms with Crippen molar-refractivity contribution in [2.45, 2.75) is 37.5 Å². The Bertz CT molecular complexity index is 1430. The summed E-state index contributed by atoms with van der Waals surface area (Å²) < 4.78 is 2.11. The zero-order chi connectivity index (χ0) is 27.1. The molecule has 6 heteroatoms. The first-order valence-corrected chi connectivity index (χ1v) is 12.2. The normalized spacial score (nSPS) is 23.5. The number of hydrogen-bond donors (Lipinski definition) is 2. The van der Waals surface area contributed by atoms with Crippen molar-refractivity contribution < 1.29 is 24.4 Å². The lowest BCUT2D eigenvalue weighted by molar-refractivity contribution is -0.401. The van der Waals surface area contributed by atoms with Crippen molar-refractivity contribution in [1.29, 1.82) is 0 Å². The van der Waals surface area contributed by atoms with Crippen LogP contribution in [0.2, 0.25) is 0 Å². The molecular formula is C31H33N2O4+. The minimum absolute atomic E-state index is 0.265. The molecule has 2 N–H and O–H groups in total. The van der Waals surface area contributed by atoms with E-state index >= 15 is 0 Å². The van der Waals surface area contributed by atoms with Gasteiger partial charge in [0.2, 0.25) is 5.69 Å². The molecule has 0 saturated carbocycles. The van der Waals surface area contributed by atoms with E-state index in [1.807, 2.05) is 44.5 Å². The van der Waals surface area contributed by atoms with Gasteiger partial charge in [-0.2, -0.15) is 4.58 Å². The van der Waals surface area contributed by atoms with Crippen molar-refractivity contribution >= 4 is 29.0 Å². The minimum atomic E-state index is -0.948. The Kier molecular flexibility index (Phi) is 6.55. The van der Waals surface area contributed by atoms with Gasteiger partial charge in [-0.3, -0.25) is 0 Å². The first-order valence-electron chi connectivity index (χ1n) is 12.2. The molecule has 2 heterocycles. The van der Waals surface area contributed by atoms with Gasteiger partial charge in [0, 0.05) is 41.6 Å². The third-order valence-electron chi connectivity index (χ3n) is 7.87. The van der Waals surface area contributed by atoms with Gasteiger partial charge in [-0.05, 0) is 68.7 Å². The van der Waals surface area contributed by atoms with Gasteiger partial charge in [0.05, 0.1) is 16.5 Å². The molecule has 190 valence electrons. The number of allylic oxidation sites excluding steroid dienone is 6. The van der Waals surface area contributed by atoms with Crippen LogP contribution >= 0.6 is 0 Å². The molecule has 0 aromatic heterocycles. The number of carboxylic acid groups (broad SMARTS) is 2. The topological polar surface area (TPSA) is 80.9 Å². The van der Waals surface area contributed by atoms with Gasteiger partial charge in [-0.1, -0.05) is 18.2 Å². The van der Waals surface area contributed by atoms with Crippen molar-refractivity contribution in [2.24, 2.45) is 0 Å². The molecule has 0 amide bonds. The van der Waals surface area contributed by atoms with Crippen LogP contribution in [0.15, 0.2) is 85.6 Å². The van der Waals surface area contributed by atoms with Crippen LogP contribution in [-0.4, -0.2) is 46.5 Å². The highest BCUT2D eigenvalue weighted by molar-refractivity contribution is 6.04. The molecule has 4 rings (SSSR count). The molecule has 2 aromatic carbocycles. The molecule has 0 spiro atoms. The van der Waals surface area contributed by atoms with Crippen LogP contribution < -0.4 is 4.90 Å². The quantitative estimate of drug-likeness (QED) is 0.342. The van der Waals surface area contributed by atoms with Crippen LogP contribution in [0.5, 0.6) is 0 Å². The predicted molar refractivity (Wildman–Crippen MR) is 148 cm³/mol. The fraction of sp³-hybridized carbons (Fsp3) is 0.258. The highest BCUT2D eigenvalue weighted by Gasteiger charge is 2.46. The summed E-state index contributed by atoms with van der Waals surface area (Å²) in [6.45, 7) is 12.1. The zero-order valence-corrected chi connectivity index (χ0v) is 21.8. The van der Waals surface area contributed by atoms with Gasteiger partial charge in [0.15, 0.2) is 5.71 Å². The van der Waals surface area contributed by atoms with E-state index in [1.54, 1.807) is 24.3 Å². The van der Waals surface area contributed by atoms with Crippen LogP contribution in [0.4, 0.5) is 11.4 Å². The number of aromatic carboxylic acids is 2. The van der Waals surface area contributed by atoms with Crippen molar-refractivity contribution in [3.8, 4) is 0 Å². The molecule has 2 unspecified atom stereocenters. The van der Waals surface area contributed by atoms with Crippen LogP contribution in [0.25, 0.3) is 0 Å². The van der Waals surface area contributed by atoms with Gasteiger partial charge in [-0.25, -0.2) is 9.59 Å². The lowest BCUT2D eigenvalue weighted by atomic mass is 9.76. The second-order valence-corrected chi connectivity index (χ2v) is 10.1. The van der Waals surface area contributed by atoms with E-state index in [9.17, 15) is 19.8 Å². The van der Waals surface area contributed by atoms with Crippen LogP contribution in [0.3, 0.4) is 0 Å². The Morgan fingerprint density at radius 1 is 0.946 bits per heavy atom. The van der Waals surface area contributed by atoms with Gasteiger partial charge in [0.25, 0.3) is 0 Å². The molecular weight excluding hydrogens is 464 g/mol. The number of hydrogen-bond acceptors (Lipinski definition) is 3. The SMILES string of the molecule is C=CCC1(C)C(/C=C/C=C2\N(C)c3ccc(C(=O)O)cc3C2(C)CC=C)=[N+](C)c2ccc(C(=O)O)cc21. The monoisotopic (exact) mass is 497 g/mol. The Labute approximate surface area is 217 Å². The van der Waals surface area contributed by atoms with Crippen molar-refractivity contribution in [3.05, 3.63) is 108 Å². The molecule has 0 saturated heterocycles. The second kappa shape index (κ2) is 9.36. The fourth-order valence-corrected chi connectivity index (χ4v) is 5.91. The minimum Gasteiger partial charge on any atom is -0.478 e. The smallest absolute Gasteiger partial charge is 0.335 e. The molecule has 0 aliphatic carbocycles. The molecule has 37 heavy (non-hydrogen) atoms. The Balaban J connectivity index is 1.78. The zero-order valence-electron chi connectivity index (χ0n) is 21.8. The Morgan fingerprint density at radius 2 is 1.51 bits per heavy atom. The third-order valence-corrected chi connectivity index (χ3v) is 7.87. The number of rotatable bonds is 8. The second-order valence-electron chi connectivity index (χ2n) is 10.1. The summed E-state index contributed by atoms with van der Waals surface area (Å²) in [7, 11) is 3.99.